The molecule has 15 heavy (non-hydrogen) atoms. The van der Waals surface area contributed by atoms with Gasteiger partial charge in [0.2, 0.25) is 7.37 Å². The van der Waals surface area contributed by atoms with E-state index in [9.17, 15) is 4.57 Å². The minimum absolute atomic E-state index is 0.0684. The molecule has 0 unspecified atom stereocenters. The summed E-state index contributed by atoms with van der Waals surface area (Å²) in [6.07, 6.45) is 1.17. The van der Waals surface area contributed by atoms with Gasteiger partial charge >= 0.3 is 11.9 Å². The molecule has 0 aliphatic rings. The largest absolute Gasteiger partial charge is 0.473 e. The number of nitrogens with two attached hydrogens (primary N) is 1. The maximum atomic E-state index is 11.2. The standard InChI is InChI=1S/C5H14NO2P.C2H2O4/c1-3-9(7,4-2)8-5-6;3-1(4)2(5)6/h3-6H2,1-2H3;(H,3,4)(H,5,6). The van der Waals surface area contributed by atoms with E-state index in [1.54, 1.807) is 0 Å². The number of carboxylic acids is 2. The lowest BCUT2D eigenvalue weighted by Gasteiger charge is -2.11. The molecule has 0 saturated heterocycles. The molecule has 0 spiro atoms. The van der Waals surface area contributed by atoms with Gasteiger partial charge in [-0.1, -0.05) is 13.8 Å². The van der Waals surface area contributed by atoms with Crippen molar-refractivity contribution in [3.05, 3.63) is 0 Å². The lowest BCUT2D eigenvalue weighted by Crippen LogP contribution is -2.09. The van der Waals surface area contributed by atoms with Crippen LogP contribution in [-0.2, 0) is 18.7 Å². The lowest BCUT2D eigenvalue weighted by molar-refractivity contribution is -0.159. The molecule has 7 nitrogen and oxygen atoms in total. The summed E-state index contributed by atoms with van der Waals surface area (Å²) in [5, 5.41) is 14.8. The Morgan fingerprint density at radius 1 is 1.20 bits per heavy atom. The highest BCUT2D eigenvalue weighted by atomic mass is 31.2. The first-order chi connectivity index (χ1) is 6.82. The molecule has 0 aromatic heterocycles. The summed E-state index contributed by atoms with van der Waals surface area (Å²) in [6.45, 7) is 3.76. The SMILES string of the molecule is CCP(=O)(CC)OCN.O=C(O)C(=O)O. The fraction of sp³-hybridized carbons (Fsp3) is 0.714. The van der Waals surface area contributed by atoms with E-state index in [1.807, 2.05) is 13.8 Å². The summed E-state index contributed by atoms with van der Waals surface area (Å²) in [4.78, 5) is 18.2. The zero-order valence-corrected chi connectivity index (χ0v) is 9.57. The Morgan fingerprint density at radius 2 is 1.53 bits per heavy atom. The van der Waals surface area contributed by atoms with Crippen molar-refractivity contribution in [3.8, 4) is 0 Å². The second-order valence-electron chi connectivity index (χ2n) is 2.35. The van der Waals surface area contributed by atoms with Crippen molar-refractivity contribution < 1.29 is 28.9 Å². The van der Waals surface area contributed by atoms with Crippen LogP contribution in [0.1, 0.15) is 13.8 Å². The van der Waals surface area contributed by atoms with Gasteiger partial charge in [0, 0.05) is 12.3 Å². The van der Waals surface area contributed by atoms with Gasteiger partial charge < -0.3 is 20.5 Å². The number of hydrogen-bond donors (Lipinski definition) is 3. The first kappa shape index (κ1) is 16.5. The third-order valence-corrected chi connectivity index (χ3v) is 4.00. The molecule has 0 atom stereocenters. The molecule has 0 rings (SSSR count). The highest BCUT2D eigenvalue weighted by Gasteiger charge is 2.15. The molecule has 0 amide bonds. The Hall–Kier alpha value is -0.910. The Morgan fingerprint density at radius 3 is 1.60 bits per heavy atom. The maximum absolute atomic E-state index is 11.2. The van der Waals surface area contributed by atoms with Crippen LogP contribution in [0, 0.1) is 0 Å². The quantitative estimate of drug-likeness (QED) is 0.369. The van der Waals surface area contributed by atoms with E-state index < -0.39 is 19.3 Å². The van der Waals surface area contributed by atoms with Gasteiger partial charge in [0.05, 0.1) is 0 Å². The highest BCUT2D eigenvalue weighted by molar-refractivity contribution is 7.58. The van der Waals surface area contributed by atoms with Crippen molar-refractivity contribution in [2.24, 2.45) is 5.73 Å². The zero-order chi connectivity index (χ0) is 12.5. The number of carbonyl (C=O) groups is 2. The molecule has 0 aromatic carbocycles. The van der Waals surface area contributed by atoms with Crippen LogP contribution in [0.3, 0.4) is 0 Å². The minimum Gasteiger partial charge on any atom is -0.473 e. The van der Waals surface area contributed by atoms with E-state index >= 15 is 0 Å². The summed E-state index contributed by atoms with van der Waals surface area (Å²) in [5.41, 5.74) is 5.07. The van der Waals surface area contributed by atoms with Gasteiger partial charge in [-0.2, -0.15) is 0 Å². The third kappa shape index (κ3) is 9.40. The molecule has 0 bridgehead atoms. The average Bonchev–Trinajstić information content (AvgIpc) is 2.19. The van der Waals surface area contributed by atoms with Crippen molar-refractivity contribution >= 4 is 19.3 Å². The van der Waals surface area contributed by atoms with Gasteiger partial charge in [-0.15, -0.1) is 0 Å². The molecule has 90 valence electrons. The molecule has 0 aliphatic heterocycles. The number of rotatable bonds is 4. The molecule has 0 heterocycles. The molecule has 0 saturated carbocycles. The predicted octanol–water partition coefficient (Wildman–Crippen LogP) is 0.393. The van der Waals surface area contributed by atoms with E-state index in [0.717, 1.165) is 0 Å². The summed E-state index contributed by atoms with van der Waals surface area (Å²) >= 11 is 0. The van der Waals surface area contributed by atoms with Crippen LogP contribution in [0.25, 0.3) is 0 Å². The molecule has 0 aliphatic carbocycles. The first-order valence-electron chi connectivity index (χ1n) is 4.21. The minimum atomic E-state index is -2.31. The van der Waals surface area contributed by atoms with E-state index in [0.29, 0.717) is 12.3 Å². The molecular weight excluding hydrogens is 225 g/mol. The van der Waals surface area contributed by atoms with Crippen molar-refractivity contribution in [1.29, 1.82) is 0 Å². The second kappa shape index (κ2) is 8.40. The van der Waals surface area contributed by atoms with Crippen LogP contribution in [0.15, 0.2) is 0 Å². The Balaban J connectivity index is 0. The fourth-order valence-electron chi connectivity index (χ4n) is 0.542. The average molecular weight is 241 g/mol. The van der Waals surface area contributed by atoms with Crippen LogP contribution in [-0.4, -0.2) is 41.2 Å². The van der Waals surface area contributed by atoms with E-state index in [4.69, 9.17) is 30.1 Å². The van der Waals surface area contributed by atoms with Crippen molar-refractivity contribution in [1.82, 2.24) is 0 Å². The smallest absolute Gasteiger partial charge is 0.414 e. The fourth-order valence-corrected chi connectivity index (χ4v) is 1.63. The van der Waals surface area contributed by atoms with E-state index in [1.165, 1.54) is 0 Å². The third-order valence-electron chi connectivity index (χ3n) is 1.46. The molecular formula is C7H16NO6P. The van der Waals surface area contributed by atoms with Crippen molar-refractivity contribution in [2.75, 3.05) is 19.1 Å². The summed E-state index contributed by atoms with van der Waals surface area (Å²) < 4.78 is 16.1. The zero-order valence-electron chi connectivity index (χ0n) is 8.67. The van der Waals surface area contributed by atoms with Crippen LogP contribution in [0.4, 0.5) is 0 Å². The topological polar surface area (TPSA) is 127 Å². The summed E-state index contributed by atoms with van der Waals surface area (Å²) in [5.74, 6) is -3.65. The second-order valence-corrected chi connectivity index (χ2v) is 5.51. The van der Waals surface area contributed by atoms with E-state index in [-0.39, 0.29) is 6.73 Å². The number of hydrogen-bond acceptors (Lipinski definition) is 5. The van der Waals surface area contributed by atoms with Gasteiger partial charge in [0.25, 0.3) is 0 Å². The molecule has 0 radical (unpaired) electrons. The first-order valence-corrected chi connectivity index (χ1v) is 6.21. The van der Waals surface area contributed by atoms with E-state index in [2.05, 4.69) is 0 Å². The number of carboxylic acid groups (broad SMARTS) is 2. The molecule has 0 fully saturated rings. The van der Waals surface area contributed by atoms with Crippen LogP contribution in [0.2, 0.25) is 0 Å². The van der Waals surface area contributed by atoms with Crippen LogP contribution < -0.4 is 5.73 Å². The van der Waals surface area contributed by atoms with Gasteiger partial charge in [-0.05, 0) is 0 Å². The lowest BCUT2D eigenvalue weighted by atomic mass is 10.7. The monoisotopic (exact) mass is 241 g/mol. The Bertz CT molecular complexity index is 234. The molecule has 0 aromatic rings. The maximum Gasteiger partial charge on any atom is 0.414 e. The van der Waals surface area contributed by atoms with Gasteiger partial charge in [-0.25, -0.2) is 9.59 Å². The van der Waals surface area contributed by atoms with Crippen molar-refractivity contribution in [3.63, 3.8) is 0 Å². The van der Waals surface area contributed by atoms with Gasteiger partial charge in [0.1, 0.15) is 6.73 Å². The van der Waals surface area contributed by atoms with Gasteiger partial charge in [0.15, 0.2) is 0 Å². The van der Waals surface area contributed by atoms with Crippen LogP contribution >= 0.6 is 7.37 Å². The Labute approximate surface area is 87.7 Å². The van der Waals surface area contributed by atoms with Crippen LogP contribution in [0.5, 0.6) is 0 Å². The summed E-state index contributed by atoms with van der Waals surface area (Å²) in [7, 11) is -2.31. The normalized spacial score (nSPS) is 10.1. The predicted molar refractivity (Wildman–Crippen MR) is 54.1 cm³/mol. The highest BCUT2D eigenvalue weighted by Crippen LogP contribution is 2.44. The number of aliphatic carboxylic acids is 2. The Kier molecular flexibility index (Phi) is 9.25. The van der Waals surface area contributed by atoms with Gasteiger partial charge in [-0.3, -0.25) is 4.57 Å². The van der Waals surface area contributed by atoms with Crippen molar-refractivity contribution in [2.45, 2.75) is 13.8 Å². The molecule has 4 N–H and O–H groups in total. The molecule has 8 heteroatoms. The summed E-state index contributed by atoms with van der Waals surface area (Å²) in [6, 6.07) is 0.